The van der Waals surface area contributed by atoms with E-state index in [0.29, 0.717) is 13.1 Å². The molecule has 2 heterocycles. The summed E-state index contributed by atoms with van der Waals surface area (Å²) >= 11 is 0. The summed E-state index contributed by atoms with van der Waals surface area (Å²) in [5.74, 6) is 0. The maximum atomic E-state index is 12.3. The summed E-state index contributed by atoms with van der Waals surface area (Å²) in [6, 6.07) is 0.0634. The first-order chi connectivity index (χ1) is 10.6. The number of nitrogens with zero attached hydrogens (tertiary/aromatic N) is 4. The van der Waals surface area contributed by atoms with Gasteiger partial charge in [0.25, 0.3) is 0 Å². The minimum atomic E-state index is -0.0751. The van der Waals surface area contributed by atoms with E-state index in [1.165, 1.54) is 0 Å². The predicted octanol–water partition coefficient (Wildman–Crippen LogP) is 0.803. The van der Waals surface area contributed by atoms with E-state index in [-0.39, 0.29) is 18.7 Å². The Bertz CT molecular complexity index is 470. The zero-order valence-corrected chi connectivity index (χ0v) is 13.5. The fourth-order valence-corrected chi connectivity index (χ4v) is 2.87. The maximum Gasteiger partial charge on any atom is 0.317 e. The smallest absolute Gasteiger partial charge is 0.317 e. The molecule has 1 atom stereocenters. The number of piperidine rings is 1. The highest BCUT2D eigenvalue weighted by atomic mass is 16.3. The first-order valence-electron chi connectivity index (χ1n) is 8.04. The third-order valence-electron chi connectivity index (χ3n) is 3.96. The van der Waals surface area contributed by atoms with Crippen molar-refractivity contribution in [1.29, 1.82) is 0 Å². The molecular weight excluding hydrogens is 282 g/mol. The monoisotopic (exact) mass is 309 g/mol. The molecule has 2 amide bonds. The molecule has 1 saturated heterocycles. The fourth-order valence-electron chi connectivity index (χ4n) is 2.87. The largest absolute Gasteiger partial charge is 0.395 e. The Kier molecular flexibility index (Phi) is 6.06. The molecule has 1 fully saturated rings. The second kappa shape index (κ2) is 8.03. The molecule has 1 aromatic rings. The van der Waals surface area contributed by atoms with Crippen LogP contribution in [0, 0.1) is 0 Å². The van der Waals surface area contributed by atoms with Crippen molar-refractivity contribution >= 4 is 11.7 Å². The number of nitrogens with one attached hydrogen (secondary N) is 1. The molecule has 0 radical (unpaired) electrons. The van der Waals surface area contributed by atoms with Crippen molar-refractivity contribution in [2.24, 2.45) is 7.05 Å². The van der Waals surface area contributed by atoms with Crippen molar-refractivity contribution in [2.45, 2.75) is 32.2 Å². The molecule has 2 rings (SSSR count). The Morgan fingerprint density at radius 3 is 3.00 bits per heavy atom. The van der Waals surface area contributed by atoms with Gasteiger partial charge in [0.05, 0.1) is 18.5 Å². The lowest BCUT2D eigenvalue weighted by molar-refractivity contribution is 0.173. The van der Waals surface area contributed by atoms with Crippen LogP contribution in [-0.2, 0) is 7.05 Å². The van der Waals surface area contributed by atoms with Crippen molar-refractivity contribution in [3.8, 4) is 0 Å². The summed E-state index contributed by atoms with van der Waals surface area (Å²) in [6.07, 6.45) is 6.79. The Morgan fingerprint density at radius 1 is 1.55 bits per heavy atom. The first-order valence-corrected chi connectivity index (χ1v) is 8.04. The lowest BCUT2D eigenvalue weighted by atomic mass is 10.1. The summed E-state index contributed by atoms with van der Waals surface area (Å²) in [6.45, 7) is 4.89. The summed E-state index contributed by atoms with van der Waals surface area (Å²) in [7, 11) is 1.91. The second-order valence-corrected chi connectivity index (χ2v) is 5.82. The lowest BCUT2D eigenvalue weighted by Crippen LogP contribution is -2.52. The molecule has 124 valence electrons. The van der Waals surface area contributed by atoms with Gasteiger partial charge < -0.3 is 20.2 Å². The first kappa shape index (κ1) is 16.6. The van der Waals surface area contributed by atoms with E-state index in [0.717, 1.165) is 38.0 Å². The van der Waals surface area contributed by atoms with Gasteiger partial charge in [0, 0.05) is 45.5 Å². The number of hydrogen-bond donors (Lipinski definition) is 2. The quantitative estimate of drug-likeness (QED) is 0.815. The number of aromatic nitrogens is 2. The van der Waals surface area contributed by atoms with Gasteiger partial charge >= 0.3 is 6.03 Å². The molecule has 1 unspecified atom stereocenters. The molecular formula is C15H27N5O2. The number of carbonyl (C=O) groups excluding carboxylic acids is 1. The number of aliphatic hydroxyl groups excluding tert-OH is 1. The van der Waals surface area contributed by atoms with Gasteiger partial charge in [-0.25, -0.2) is 4.79 Å². The summed E-state index contributed by atoms with van der Waals surface area (Å²) in [5.41, 5.74) is 1.10. The van der Waals surface area contributed by atoms with E-state index in [1.807, 2.05) is 26.4 Å². The molecule has 0 aromatic carbocycles. The van der Waals surface area contributed by atoms with E-state index >= 15 is 0 Å². The third kappa shape index (κ3) is 4.37. The number of carbonyl (C=O) groups is 1. The Hall–Kier alpha value is -1.76. The Morgan fingerprint density at radius 2 is 2.36 bits per heavy atom. The van der Waals surface area contributed by atoms with Gasteiger partial charge in [-0.3, -0.25) is 4.68 Å². The van der Waals surface area contributed by atoms with Crippen LogP contribution in [0.25, 0.3) is 0 Å². The van der Waals surface area contributed by atoms with E-state index in [1.54, 1.807) is 9.58 Å². The Balaban J connectivity index is 1.90. The van der Waals surface area contributed by atoms with Crippen molar-refractivity contribution < 1.29 is 9.90 Å². The molecule has 0 aliphatic carbocycles. The molecule has 0 spiro atoms. The zero-order valence-electron chi connectivity index (χ0n) is 13.5. The highest BCUT2D eigenvalue weighted by Gasteiger charge is 2.24. The van der Waals surface area contributed by atoms with E-state index in [4.69, 9.17) is 5.11 Å². The third-order valence-corrected chi connectivity index (χ3v) is 3.96. The standard InChI is InChI=1S/C15H27N5O2/c1-3-6-19(8-9-21)15(22)17-13-5-4-7-20(11-13)14-10-16-18(2)12-14/h10,12-13,21H,3-9,11H2,1-2H3,(H,17,22). The average Bonchev–Trinajstić information content (AvgIpc) is 2.94. The molecule has 1 aliphatic heterocycles. The van der Waals surface area contributed by atoms with Gasteiger partial charge in [-0.1, -0.05) is 6.92 Å². The van der Waals surface area contributed by atoms with Crippen molar-refractivity contribution in [2.75, 3.05) is 37.7 Å². The van der Waals surface area contributed by atoms with Crippen molar-refractivity contribution in [3.63, 3.8) is 0 Å². The normalized spacial score (nSPS) is 18.3. The van der Waals surface area contributed by atoms with Crippen LogP contribution in [0.15, 0.2) is 12.4 Å². The molecule has 0 bridgehead atoms. The molecule has 1 aromatic heterocycles. The molecule has 22 heavy (non-hydrogen) atoms. The number of amides is 2. The van der Waals surface area contributed by atoms with Crippen LogP contribution >= 0.6 is 0 Å². The second-order valence-electron chi connectivity index (χ2n) is 5.82. The predicted molar refractivity (Wildman–Crippen MR) is 85.9 cm³/mol. The molecule has 1 aliphatic rings. The highest BCUT2D eigenvalue weighted by Crippen LogP contribution is 2.19. The maximum absolute atomic E-state index is 12.3. The topological polar surface area (TPSA) is 73.6 Å². The molecule has 0 saturated carbocycles. The van der Waals surface area contributed by atoms with Crippen LogP contribution in [0.1, 0.15) is 26.2 Å². The van der Waals surface area contributed by atoms with Crippen LogP contribution in [0.5, 0.6) is 0 Å². The van der Waals surface area contributed by atoms with Crippen LogP contribution in [-0.4, -0.2) is 64.6 Å². The molecule has 7 heteroatoms. The van der Waals surface area contributed by atoms with Crippen molar-refractivity contribution in [1.82, 2.24) is 20.0 Å². The molecule has 2 N–H and O–H groups in total. The number of rotatable bonds is 6. The average molecular weight is 309 g/mol. The molecule has 7 nitrogen and oxygen atoms in total. The van der Waals surface area contributed by atoms with Gasteiger partial charge in [0.2, 0.25) is 0 Å². The van der Waals surface area contributed by atoms with E-state index < -0.39 is 0 Å². The fraction of sp³-hybridized carbons (Fsp3) is 0.733. The zero-order chi connectivity index (χ0) is 15.9. The summed E-state index contributed by atoms with van der Waals surface area (Å²) in [4.78, 5) is 16.3. The van der Waals surface area contributed by atoms with Crippen LogP contribution < -0.4 is 10.2 Å². The van der Waals surface area contributed by atoms with Gasteiger partial charge in [0.1, 0.15) is 0 Å². The van der Waals surface area contributed by atoms with Gasteiger partial charge in [-0.05, 0) is 19.3 Å². The van der Waals surface area contributed by atoms with E-state index in [2.05, 4.69) is 15.3 Å². The SMILES string of the molecule is CCCN(CCO)C(=O)NC1CCCN(c2cnn(C)c2)C1. The van der Waals surface area contributed by atoms with Crippen LogP contribution in [0.4, 0.5) is 10.5 Å². The highest BCUT2D eigenvalue weighted by molar-refractivity contribution is 5.74. The van der Waals surface area contributed by atoms with Crippen molar-refractivity contribution in [3.05, 3.63) is 12.4 Å². The van der Waals surface area contributed by atoms with Crippen LogP contribution in [0.2, 0.25) is 0 Å². The number of hydrogen-bond acceptors (Lipinski definition) is 4. The van der Waals surface area contributed by atoms with Gasteiger partial charge in [-0.2, -0.15) is 5.10 Å². The number of anilines is 1. The minimum Gasteiger partial charge on any atom is -0.395 e. The minimum absolute atomic E-state index is 0.000103. The number of urea groups is 1. The number of aliphatic hydroxyl groups is 1. The summed E-state index contributed by atoms with van der Waals surface area (Å²) < 4.78 is 1.79. The van der Waals surface area contributed by atoms with Gasteiger partial charge in [0.15, 0.2) is 0 Å². The Labute approximate surface area is 131 Å². The summed E-state index contributed by atoms with van der Waals surface area (Å²) in [5, 5.41) is 16.4. The van der Waals surface area contributed by atoms with Gasteiger partial charge in [-0.15, -0.1) is 0 Å². The lowest BCUT2D eigenvalue weighted by Gasteiger charge is -2.35. The van der Waals surface area contributed by atoms with Crippen LogP contribution in [0.3, 0.4) is 0 Å². The van der Waals surface area contributed by atoms with E-state index in [9.17, 15) is 4.79 Å². The number of aryl methyl sites for hydroxylation is 1.